The molecule has 0 aliphatic heterocycles. The lowest BCUT2D eigenvalue weighted by Crippen LogP contribution is -2.02. The average molecular weight is 252 g/mol. The van der Waals surface area contributed by atoms with Gasteiger partial charge in [0.2, 0.25) is 0 Å². The van der Waals surface area contributed by atoms with E-state index in [1.54, 1.807) is 11.3 Å². The van der Waals surface area contributed by atoms with Crippen molar-refractivity contribution in [1.82, 2.24) is 5.32 Å². The largest absolute Gasteiger partial charge is 0.315 e. The fourth-order valence-corrected chi connectivity index (χ4v) is 2.75. The van der Waals surface area contributed by atoms with E-state index in [1.165, 1.54) is 16.0 Å². The predicted molar refractivity (Wildman–Crippen MR) is 71.3 cm³/mol. The van der Waals surface area contributed by atoms with Crippen LogP contribution in [-0.2, 0) is 13.0 Å². The van der Waals surface area contributed by atoms with E-state index in [0.717, 1.165) is 18.0 Å². The summed E-state index contributed by atoms with van der Waals surface area (Å²) in [4.78, 5) is 1.37. The molecule has 2 aromatic rings. The van der Waals surface area contributed by atoms with E-state index in [4.69, 9.17) is 11.6 Å². The first-order valence-corrected chi connectivity index (χ1v) is 6.49. The molecule has 0 unspecified atom stereocenters. The van der Waals surface area contributed by atoms with Gasteiger partial charge in [0.1, 0.15) is 0 Å². The van der Waals surface area contributed by atoms with Crippen LogP contribution in [0.4, 0.5) is 0 Å². The van der Waals surface area contributed by atoms with E-state index in [2.05, 4.69) is 22.8 Å². The zero-order chi connectivity index (χ0) is 11.4. The van der Waals surface area contributed by atoms with Crippen molar-refractivity contribution in [1.29, 1.82) is 0 Å². The van der Waals surface area contributed by atoms with Crippen molar-refractivity contribution in [2.24, 2.45) is 0 Å². The first-order valence-electron chi connectivity index (χ1n) is 5.24. The smallest absolute Gasteiger partial charge is 0.0441 e. The summed E-state index contributed by atoms with van der Waals surface area (Å²) in [5.41, 5.74) is 2.53. The summed E-state index contributed by atoms with van der Waals surface area (Å²) >= 11 is 7.93. The van der Waals surface area contributed by atoms with Crippen LogP contribution in [0.2, 0.25) is 5.02 Å². The number of hydrogen-bond acceptors (Lipinski definition) is 2. The van der Waals surface area contributed by atoms with Crippen LogP contribution >= 0.6 is 22.9 Å². The van der Waals surface area contributed by atoms with E-state index in [0.29, 0.717) is 0 Å². The van der Waals surface area contributed by atoms with Crippen LogP contribution in [0.15, 0.2) is 35.7 Å². The summed E-state index contributed by atoms with van der Waals surface area (Å²) in [6, 6.07) is 10.3. The fraction of sp³-hybridized carbons (Fsp3) is 0.231. The molecule has 16 heavy (non-hydrogen) atoms. The Bertz CT molecular complexity index is 464. The lowest BCUT2D eigenvalue weighted by molar-refractivity contribution is 0.831. The molecule has 0 atom stereocenters. The van der Waals surface area contributed by atoms with E-state index < -0.39 is 0 Å². The molecule has 1 N–H and O–H groups in total. The Kier molecular flexibility index (Phi) is 3.99. The van der Waals surface area contributed by atoms with Crippen LogP contribution in [-0.4, -0.2) is 7.05 Å². The topological polar surface area (TPSA) is 12.0 Å². The summed E-state index contributed by atoms with van der Waals surface area (Å²) in [5, 5.41) is 6.21. The molecule has 0 amide bonds. The first-order chi connectivity index (χ1) is 7.79. The molecule has 0 aliphatic carbocycles. The van der Waals surface area contributed by atoms with Gasteiger partial charge in [-0.3, -0.25) is 0 Å². The maximum absolute atomic E-state index is 6.13. The molecular weight excluding hydrogens is 238 g/mol. The van der Waals surface area contributed by atoms with E-state index in [-0.39, 0.29) is 0 Å². The van der Waals surface area contributed by atoms with Gasteiger partial charge in [-0.05, 0) is 42.1 Å². The average Bonchev–Trinajstić information content (AvgIpc) is 2.70. The summed E-state index contributed by atoms with van der Waals surface area (Å²) in [7, 11) is 1.97. The summed E-state index contributed by atoms with van der Waals surface area (Å²) < 4.78 is 0. The second-order valence-electron chi connectivity index (χ2n) is 3.72. The highest BCUT2D eigenvalue weighted by Gasteiger charge is 2.03. The number of rotatable bonds is 4. The lowest BCUT2D eigenvalue weighted by Gasteiger charge is -2.01. The molecule has 0 bridgehead atoms. The monoisotopic (exact) mass is 251 g/mol. The third-order valence-electron chi connectivity index (χ3n) is 2.41. The Balaban J connectivity index is 2.11. The van der Waals surface area contributed by atoms with E-state index in [1.807, 2.05) is 25.2 Å². The van der Waals surface area contributed by atoms with Crippen molar-refractivity contribution in [2.45, 2.75) is 13.0 Å². The Labute approximate surface area is 105 Å². The van der Waals surface area contributed by atoms with Crippen LogP contribution in [0.1, 0.15) is 16.0 Å². The maximum Gasteiger partial charge on any atom is 0.0441 e. The van der Waals surface area contributed by atoms with Gasteiger partial charge in [0.15, 0.2) is 0 Å². The minimum absolute atomic E-state index is 0.851. The van der Waals surface area contributed by atoms with Crippen molar-refractivity contribution >= 4 is 22.9 Å². The second kappa shape index (κ2) is 5.48. The standard InChI is InChI=1S/C13H14ClNS/c1-15-8-12-7-10(9-16-12)6-11-4-2-3-5-13(11)14/h2-5,7,9,15H,6,8H2,1H3. The van der Waals surface area contributed by atoms with Gasteiger partial charge in [-0.2, -0.15) is 0 Å². The predicted octanol–water partition coefficient (Wildman–Crippen LogP) is 3.71. The number of benzene rings is 1. The van der Waals surface area contributed by atoms with Gasteiger partial charge in [0.25, 0.3) is 0 Å². The molecule has 84 valence electrons. The van der Waals surface area contributed by atoms with E-state index >= 15 is 0 Å². The first kappa shape index (κ1) is 11.6. The highest BCUT2D eigenvalue weighted by Crippen LogP contribution is 2.22. The van der Waals surface area contributed by atoms with Crippen LogP contribution in [0.3, 0.4) is 0 Å². The van der Waals surface area contributed by atoms with E-state index in [9.17, 15) is 0 Å². The van der Waals surface area contributed by atoms with Gasteiger partial charge in [-0.15, -0.1) is 11.3 Å². The van der Waals surface area contributed by atoms with Crippen molar-refractivity contribution in [3.63, 3.8) is 0 Å². The molecule has 2 rings (SSSR count). The summed E-state index contributed by atoms with van der Waals surface area (Å²) in [6.07, 6.45) is 0.917. The SMILES string of the molecule is CNCc1cc(Cc2ccccc2Cl)cs1. The molecular formula is C13H14ClNS. The molecule has 1 aromatic carbocycles. The quantitative estimate of drug-likeness (QED) is 0.874. The molecule has 1 nitrogen and oxygen atoms in total. The Hall–Kier alpha value is -0.830. The van der Waals surface area contributed by atoms with Gasteiger partial charge in [-0.1, -0.05) is 29.8 Å². The van der Waals surface area contributed by atoms with Gasteiger partial charge in [0.05, 0.1) is 0 Å². The molecule has 1 aromatic heterocycles. The number of thiophene rings is 1. The fourth-order valence-electron chi connectivity index (χ4n) is 1.65. The third kappa shape index (κ3) is 2.85. The van der Waals surface area contributed by atoms with Gasteiger partial charge in [0, 0.05) is 16.4 Å². The van der Waals surface area contributed by atoms with Crippen LogP contribution in [0.5, 0.6) is 0 Å². The molecule has 0 radical (unpaired) electrons. The second-order valence-corrected chi connectivity index (χ2v) is 5.12. The van der Waals surface area contributed by atoms with Crippen molar-refractivity contribution in [3.05, 3.63) is 56.7 Å². The Morgan fingerprint density at radius 2 is 2.12 bits per heavy atom. The third-order valence-corrected chi connectivity index (χ3v) is 3.77. The highest BCUT2D eigenvalue weighted by molar-refractivity contribution is 7.10. The molecule has 0 fully saturated rings. The molecule has 0 aliphatic rings. The zero-order valence-electron chi connectivity index (χ0n) is 9.16. The minimum Gasteiger partial charge on any atom is -0.315 e. The number of halogens is 1. The highest BCUT2D eigenvalue weighted by atomic mass is 35.5. The maximum atomic E-state index is 6.13. The van der Waals surface area contributed by atoms with Crippen LogP contribution < -0.4 is 5.32 Å². The summed E-state index contributed by atoms with van der Waals surface area (Å²) in [5.74, 6) is 0. The zero-order valence-corrected chi connectivity index (χ0v) is 10.7. The lowest BCUT2D eigenvalue weighted by atomic mass is 10.1. The molecule has 1 heterocycles. The number of hydrogen-bond donors (Lipinski definition) is 1. The van der Waals surface area contributed by atoms with Crippen molar-refractivity contribution in [3.8, 4) is 0 Å². The Morgan fingerprint density at radius 1 is 1.31 bits per heavy atom. The molecule has 0 saturated heterocycles. The minimum atomic E-state index is 0.851. The van der Waals surface area contributed by atoms with Crippen LogP contribution in [0, 0.1) is 0 Å². The van der Waals surface area contributed by atoms with Gasteiger partial charge in [-0.25, -0.2) is 0 Å². The van der Waals surface area contributed by atoms with Crippen LogP contribution in [0.25, 0.3) is 0 Å². The van der Waals surface area contributed by atoms with Crippen molar-refractivity contribution in [2.75, 3.05) is 7.05 Å². The molecule has 0 saturated carbocycles. The molecule has 0 spiro atoms. The summed E-state index contributed by atoms with van der Waals surface area (Å²) in [6.45, 7) is 0.938. The van der Waals surface area contributed by atoms with Gasteiger partial charge < -0.3 is 5.32 Å². The van der Waals surface area contributed by atoms with Gasteiger partial charge >= 0.3 is 0 Å². The Morgan fingerprint density at radius 3 is 2.88 bits per heavy atom. The molecule has 3 heteroatoms. The van der Waals surface area contributed by atoms with Crippen molar-refractivity contribution < 1.29 is 0 Å². The number of nitrogens with one attached hydrogen (secondary N) is 1. The normalized spacial score (nSPS) is 10.6.